The zero-order valence-electron chi connectivity index (χ0n) is 12.0. The molecule has 4 nitrogen and oxygen atoms in total. The third kappa shape index (κ3) is 2.57. The fourth-order valence-corrected chi connectivity index (χ4v) is 3.25. The number of nitrogens with zero attached hydrogens (tertiary/aromatic N) is 1. The highest BCUT2D eigenvalue weighted by molar-refractivity contribution is 6.00. The van der Waals surface area contributed by atoms with E-state index in [4.69, 9.17) is 4.74 Å². The van der Waals surface area contributed by atoms with Crippen LogP contribution in [0.3, 0.4) is 0 Å². The normalized spacial score (nSPS) is 23.6. The van der Waals surface area contributed by atoms with E-state index in [9.17, 15) is 4.79 Å². The molecule has 1 unspecified atom stereocenters. The number of aromatic nitrogens is 1. The zero-order valence-corrected chi connectivity index (χ0v) is 12.0. The molecule has 1 N–H and O–H groups in total. The summed E-state index contributed by atoms with van der Waals surface area (Å²) in [4.78, 5) is 16.7. The van der Waals surface area contributed by atoms with Gasteiger partial charge in [0.1, 0.15) is 5.75 Å². The van der Waals surface area contributed by atoms with Gasteiger partial charge in [-0.15, -0.1) is 0 Å². The molecule has 20 heavy (non-hydrogen) atoms. The molecule has 2 heterocycles. The number of hydrogen-bond donors (Lipinski definition) is 1. The van der Waals surface area contributed by atoms with Gasteiger partial charge in [0.15, 0.2) is 5.78 Å². The number of carbonyl (C=O) groups excluding carboxylic acids is 1. The second-order valence-electron chi connectivity index (χ2n) is 5.99. The molecule has 1 aliphatic carbocycles. The molecule has 108 valence electrons. The first-order chi connectivity index (χ1) is 9.75. The monoisotopic (exact) mass is 274 g/mol. The molecule has 0 amide bonds. The SMILES string of the molecule is CCCOc1cncc(C(=O)C2CC23CCNCC3)c1. The summed E-state index contributed by atoms with van der Waals surface area (Å²) in [5.74, 6) is 1.16. The number of hydrogen-bond acceptors (Lipinski definition) is 4. The largest absolute Gasteiger partial charge is 0.492 e. The Labute approximate surface area is 119 Å². The second-order valence-corrected chi connectivity index (χ2v) is 5.99. The van der Waals surface area contributed by atoms with Gasteiger partial charge >= 0.3 is 0 Å². The van der Waals surface area contributed by atoms with Crippen molar-refractivity contribution < 1.29 is 9.53 Å². The number of pyridine rings is 1. The van der Waals surface area contributed by atoms with Crippen molar-refractivity contribution in [3.05, 3.63) is 24.0 Å². The molecule has 0 bridgehead atoms. The van der Waals surface area contributed by atoms with Gasteiger partial charge < -0.3 is 10.1 Å². The standard InChI is InChI=1S/C16H22N2O2/c1-2-7-20-13-8-12(10-18-11-13)15(19)14-9-16(14)3-5-17-6-4-16/h8,10-11,14,17H,2-7,9H2,1H3. The van der Waals surface area contributed by atoms with Crippen molar-refractivity contribution in [1.82, 2.24) is 10.3 Å². The highest BCUT2D eigenvalue weighted by Crippen LogP contribution is 2.59. The van der Waals surface area contributed by atoms with E-state index in [0.717, 1.165) is 38.8 Å². The molecule has 4 heteroatoms. The lowest BCUT2D eigenvalue weighted by Gasteiger charge is -2.23. The summed E-state index contributed by atoms with van der Waals surface area (Å²) in [6, 6.07) is 1.85. The molecule has 1 aromatic heterocycles. The number of ketones is 1. The Morgan fingerprint density at radius 1 is 1.45 bits per heavy atom. The maximum Gasteiger partial charge on any atom is 0.168 e. The van der Waals surface area contributed by atoms with Gasteiger partial charge in [-0.3, -0.25) is 9.78 Å². The second kappa shape index (κ2) is 5.52. The quantitative estimate of drug-likeness (QED) is 0.838. The highest BCUT2D eigenvalue weighted by atomic mass is 16.5. The van der Waals surface area contributed by atoms with Gasteiger partial charge in [0.2, 0.25) is 0 Å². The van der Waals surface area contributed by atoms with Crippen LogP contribution in [0.25, 0.3) is 0 Å². The molecule has 2 fully saturated rings. The van der Waals surface area contributed by atoms with Crippen molar-refractivity contribution in [3.8, 4) is 5.75 Å². The van der Waals surface area contributed by atoms with Crippen molar-refractivity contribution in [2.75, 3.05) is 19.7 Å². The first-order valence-electron chi connectivity index (χ1n) is 7.58. The van der Waals surface area contributed by atoms with Gasteiger partial charge in [-0.25, -0.2) is 0 Å². The van der Waals surface area contributed by atoms with Crippen molar-refractivity contribution in [2.45, 2.75) is 32.6 Å². The van der Waals surface area contributed by atoms with Gasteiger partial charge in [-0.05, 0) is 50.3 Å². The number of nitrogens with one attached hydrogen (secondary N) is 1. The van der Waals surface area contributed by atoms with Crippen molar-refractivity contribution >= 4 is 5.78 Å². The van der Waals surface area contributed by atoms with Crippen LogP contribution in [0.2, 0.25) is 0 Å². The lowest BCUT2D eigenvalue weighted by atomic mass is 9.89. The van der Waals surface area contributed by atoms with E-state index in [0.29, 0.717) is 17.9 Å². The van der Waals surface area contributed by atoms with E-state index in [1.165, 1.54) is 0 Å². The summed E-state index contributed by atoms with van der Waals surface area (Å²) < 4.78 is 5.56. The van der Waals surface area contributed by atoms with E-state index in [1.807, 2.05) is 6.07 Å². The van der Waals surface area contributed by atoms with Gasteiger partial charge in [-0.1, -0.05) is 6.92 Å². The van der Waals surface area contributed by atoms with E-state index < -0.39 is 0 Å². The molecule has 1 spiro atoms. The van der Waals surface area contributed by atoms with Crippen LogP contribution in [0, 0.1) is 11.3 Å². The molecule has 3 rings (SSSR count). The summed E-state index contributed by atoms with van der Waals surface area (Å²) in [5, 5.41) is 3.37. The predicted molar refractivity (Wildman–Crippen MR) is 77.0 cm³/mol. The maximum absolute atomic E-state index is 12.6. The van der Waals surface area contributed by atoms with Gasteiger partial charge in [-0.2, -0.15) is 0 Å². The Morgan fingerprint density at radius 3 is 3.00 bits per heavy atom. The van der Waals surface area contributed by atoms with Crippen molar-refractivity contribution in [1.29, 1.82) is 0 Å². The van der Waals surface area contributed by atoms with Gasteiger partial charge in [0.25, 0.3) is 0 Å². The van der Waals surface area contributed by atoms with Crippen LogP contribution >= 0.6 is 0 Å². The summed E-state index contributed by atoms with van der Waals surface area (Å²) >= 11 is 0. The van der Waals surface area contributed by atoms with E-state index in [2.05, 4.69) is 17.2 Å². The Hall–Kier alpha value is -1.42. The van der Waals surface area contributed by atoms with E-state index in [-0.39, 0.29) is 17.1 Å². The summed E-state index contributed by atoms with van der Waals surface area (Å²) in [7, 11) is 0. The Kier molecular flexibility index (Phi) is 3.74. The van der Waals surface area contributed by atoms with Crippen LogP contribution in [-0.4, -0.2) is 30.5 Å². The van der Waals surface area contributed by atoms with Crippen LogP contribution in [-0.2, 0) is 0 Å². The molecule has 0 radical (unpaired) electrons. The topological polar surface area (TPSA) is 51.2 Å². The van der Waals surface area contributed by atoms with Crippen LogP contribution in [0.5, 0.6) is 5.75 Å². The molecule has 1 aromatic rings. The fraction of sp³-hybridized carbons (Fsp3) is 0.625. The number of carbonyl (C=O) groups is 1. The summed E-state index contributed by atoms with van der Waals surface area (Å²) in [6.45, 7) is 4.81. The average Bonchev–Trinajstić information content (AvgIpc) is 3.18. The zero-order chi connectivity index (χ0) is 14.0. The molecule has 2 aliphatic rings. The molecule has 0 aromatic carbocycles. The molecule has 1 saturated heterocycles. The van der Waals surface area contributed by atoms with Gasteiger partial charge in [0.05, 0.1) is 12.8 Å². The number of ether oxygens (including phenoxy) is 1. The maximum atomic E-state index is 12.6. The van der Waals surface area contributed by atoms with Crippen molar-refractivity contribution in [2.24, 2.45) is 11.3 Å². The predicted octanol–water partition coefficient (Wildman–Crippen LogP) is 2.44. The van der Waals surface area contributed by atoms with E-state index >= 15 is 0 Å². The van der Waals surface area contributed by atoms with E-state index in [1.54, 1.807) is 12.4 Å². The Bertz CT molecular complexity index is 495. The number of Topliss-reactive ketones (excluding diaryl/α,β-unsaturated/α-hetero) is 1. The van der Waals surface area contributed by atoms with Crippen LogP contribution in [0.1, 0.15) is 43.0 Å². The molecule has 1 aliphatic heterocycles. The minimum Gasteiger partial charge on any atom is -0.492 e. The van der Waals surface area contributed by atoms with Crippen molar-refractivity contribution in [3.63, 3.8) is 0 Å². The summed E-state index contributed by atoms with van der Waals surface area (Å²) in [6.07, 6.45) is 7.62. The van der Waals surface area contributed by atoms with Crippen LogP contribution in [0.4, 0.5) is 0 Å². The van der Waals surface area contributed by atoms with Gasteiger partial charge in [0, 0.05) is 17.7 Å². The molecule has 1 atom stereocenters. The average molecular weight is 274 g/mol. The third-order valence-corrected chi connectivity index (χ3v) is 4.58. The molecular weight excluding hydrogens is 252 g/mol. The lowest BCUT2D eigenvalue weighted by molar-refractivity contribution is 0.0940. The third-order valence-electron chi connectivity index (χ3n) is 4.58. The first kappa shape index (κ1) is 13.6. The minimum atomic E-state index is 0.202. The minimum absolute atomic E-state index is 0.202. The number of piperidine rings is 1. The van der Waals surface area contributed by atoms with Crippen LogP contribution in [0.15, 0.2) is 18.5 Å². The molecule has 1 saturated carbocycles. The lowest BCUT2D eigenvalue weighted by Crippen LogP contribution is -2.30. The smallest absolute Gasteiger partial charge is 0.168 e. The number of rotatable bonds is 5. The molecular formula is C16H22N2O2. The Balaban J connectivity index is 1.68. The van der Waals surface area contributed by atoms with Crippen LogP contribution < -0.4 is 10.1 Å². The highest BCUT2D eigenvalue weighted by Gasteiger charge is 2.57. The Morgan fingerprint density at radius 2 is 2.25 bits per heavy atom. The fourth-order valence-electron chi connectivity index (χ4n) is 3.25. The summed E-state index contributed by atoms with van der Waals surface area (Å²) in [5.41, 5.74) is 0.988. The first-order valence-corrected chi connectivity index (χ1v) is 7.58.